The Hall–Kier alpha value is -0.610. The number of piperidine rings is 1. The number of carbonyl (C=O) groups excluding carboxylic acids is 1. The van der Waals surface area contributed by atoms with Gasteiger partial charge in [-0.15, -0.1) is 0 Å². The molecule has 2 aliphatic heterocycles. The minimum absolute atomic E-state index is 0.168. The average molecular weight is 240 g/mol. The van der Waals surface area contributed by atoms with Crippen LogP contribution in [0.15, 0.2) is 0 Å². The van der Waals surface area contributed by atoms with E-state index in [4.69, 9.17) is 4.74 Å². The lowest BCUT2D eigenvalue weighted by Gasteiger charge is -2.38. The molecule has 4 nitrogen and oxygen atoms in total. The summed E-state index contributed by atoms with van der Waals surface area (Å²) in [5.74, 6) is 0.545. The molecule has 2 fully saturated rings. The number of amides is 1. The summed E-state index contributed by atoms with van der Waals surface area (Å²) in [7, 11) is 0. The topological polar surface area (TPSA) is 41.6 Å². The van der Waals surface area contributed by atoms with Gasteiger partial charge in [0.25, 0.3) is 0 Å². The third kappa shape index (κ3) is 3.19. The van der Waals surface area contributed by atoms with Crippen molar-refractivity contribution in [2.24, 2.45) is 5.92 Å². The molecule has 4 atom stereocenters. The van der Waals surface area contributed by atoms with Gasteiger partial charge in [-0.3, -0.25) is 4.79 Å². The highest BCUT2D eigenvalue weighted by atomic mass is 16.5. The Morgan fingerprint density at radius 2 is 1.88 bits per heavy atom. The quantitative estimate of drug-likeness (QED) is 0.744. The molecule has 2 rings (SSSR count). The Balaban J connectivity index is 1.94. The zero-order chi connectivity index (χ0) is 12.4. The van der Waals surface area contributed by atoms with Gasteiger partial charge < -0.3 is 15.0 Å². The van der Waals surface area contributed by atoms with E-state index in [1.54, 1.807) is 0 Å². The van der Waals surface area contributed by atoms with Crippen LogP contribution in [-0.2, 0) is 9.53 Å². The molecule has 1 amide bonds. The summed E-state index contributed by atoms with van der Waals surface area (Å²) >= 11 is 0. The highest BCUT2D eigenvalue weighted by molar-refractivity contribution is 5.79. The van der Waals surface area contributed by atoms with Crippen molar-refractivity contribution in [1.82, 2.24) is 10.2 Å². The predicted octanol–water partition coefficient (Wildman–Crippen LogP) is 1.01. The van der Waals surface area contributed by atoms with Gasteiger partial charge in [-0.2, -0.15) is 0 Å². The first-order valence-corrected chi connectivity index (χ1v) is 6.74. The second kappa shape index (κ2) is 5.36. The molecular weight excluding hydrogens is 216 g/mol. The van der Waals surface area contributed by atoms with E-state index >= 15 is 0 Å². The number of ether oxygens (including phenoxy) is 1. The largest absolute Gasteiger partial charge is 0.372 e. The van der Waals surface area contributed by atoms with Crippen molar-refractivity contribution >= 4 is 5.91 Å². The molecule has 17 heavy (non-hydrogen) atoms. The Bertz CT molecular complexity index is 273. The monoisotopic (exact) mass is 240 g/mol. The lowest BCUT2D eigenvalue weighted by Crippen LogP contribution is -2.52. The number of carbonyl (C=O) groups is 1. The fourth-order valence-corrected chi connectivity index (χ4v) is 2.97. The fraction of sp³-hybridized carbons (Fsp3) is 0.923. The van der Waals surface area contributed by atoms with E-state index in [-0.39, 0.29) is 18.1 Å². The van der Waals surface area contributed by atoms with Gasteiger partial charge in [0.1, 0.15) is 0 Å². The maximum absolute atomic E-state index is 12.4. The molecular formula is C13H24N2O2. The summed E-state index contributed by atoms with van der Waals surface area (Å²) in [4.78, 5) is 14.4. The molecule has 0 aliphatic carbocycles. The highest BCUT2D eigenvalue weighted by Crippen LogP contribution is 2.21. The Morgan fingerprint density at radius 3 is 2.47 bits per heavy atom. The smallest absolute Gasteiger partial charge is 0.225 e. The van der Waals surface area contributed by atoms with Crippen molar-refractivity contribution in [3.05, 3.63) is 0 Å². The van der Waals surface area contributed by atoms with Gasteiger partial charge in [0.15, 0.2) is 0 Å². The van der Waals surface area contributed by atoms with Crippen molar-refractivity contribution < 1.29 is 9.53 Å². The van der Waals surface area contributed by atoms with Crippen LogP contribution in [0.4, 0.5) is 0 Å². The summed E-state index contributed by atoms with van der Waals surface area (Å²) in [5.41, 5.74) is 0. The third-order valence-corrected chi connectivity index (χ3v) is 3.70. The SMILES string of the molecule is CC1CN(C(=O)[C@H]2CCN[C@@H](C)C2)CC(C)O1. The van der Waals surface area contributed by atoms with Gasteiger partial charge in [-0.1, -0.05) is 0 Å². The molecule has 2 saturated heterocycles. The molecule has 98 valence electrons. The molecule has 4 heteroatoms. The zero-order valence-corrected chi connectivity index (χ0v) is 11.1. The number of hydrogen-bond acceptors (Lipinski definition) is 3. The molecule has 0 saturated carbocycles. The van der Waals surface area contributed by atoms with E-state index in [9.17, 15) is 4.79 Å². The normalized spacial score (nSPS) is 39.1. The maximum Gasteiger partial charge on any atom is 0.225 e. The first-order valence-electron chi connectivity index (χ1n) is 6.74. The van der Waals surface area contributed by atoms with Crippen molar-refractivity contribution in [3.63, 3.8) is 0 Å². The summed E-state index contributed by atoms with van der Waals surface area (Å²) < 4.78 is 5.67. The van der Waals surface area contributed by atoms with Crippen LogP contribution in [0.5, 0.6) is 0 Å². The van der Waals surface area contributed by atoms with E-state index < -0.39 is 0 Å². The summed E-state index contributed by atoms with van der Waals surface area (Å²) in [5, 5.41) is 3.39. The van der Waals surface area contributed by atoms with E-state index in [2.05, 4.69) is 12.2 Å². The molecule has 2 unspecified atom stereocenters. The number of morpholine rings is 1. The van der Waals surface area contributed by atoms with Crippen molar-refractivity contribution in [2.45, 2.75) is 51.9 Å². The number of hydrogen-bond donors (Lipinski definition) is 1. The molecule has 0 aromatic carbocycles. The Kier molecular flexibility index (Phi) is 4.05. The minimum atomic E-state index is 0.168. The van der Waals surface area contributed by atoms with E-state index in [0.717, 1.165) is 32.5 Å². The molecule has 0 aromatic rings. The second-order valence-corrected chi connectivity index (χ2v) is 5.58. The van der Waals surface area contributed by atoms with Crippen LogP contribution in [0, 0.1) is 5.92 Å². The van der Waals surface area contributed by atoms with Crippen LogP contribution in [0.1, 0.15) is 33.6 Å². The van der Waals surface area contributed by atoms with Crippen LogP contribution in [0.25, 0.3) is 0 Å². The minimum Gasteiger partial charge on any atom is -0.372 e. The van der Waals surface area contributed by atoms with Crippen LogP contribution < -0.4 is 5.32 Å². The van der Waals surface area contributed by atoms with Crippen LogP contribution in [0.3, 0.4) is 0 Å². The first kappa shape index (κ1) is 12.8. The van der Waals surface area contributed by atoms with Crippen molar-refractivity contribution in [1.29, 1.82) is 0 Å². The lowest BCUT2D eigenvalue weighted by atomic mass is 9.91. The molecule has 2 heterocycles. The van der Waals surface area contributed by atoms with Gasteiger partial charge in [-0.25, -0.2) is 0 Å². The van der Waals surface area contributed by atoms with Crippen LogP contribution in [0.2, 0.25) is 0 Å². The number of nitrogens with one attached hydrogen (secondary N) is 1. The molecule has 2 aliphatic rings. The first-order chi connectivity index (χ1) is 8.06. The number of rotatable bonds is 1. The summed E-state index contributed by atoms with van der Waals surface area (Å²) in [6, 6.07) is 0.466. The summed E-state index contributed by atoms with van der Waals surface area (Å²) in [6.45, 7) is 8.71. The molecule has 1 N–H and O–H groups in total. The lowest BCUT2D eigenvalue weighted by molar-refractivity contribution is -0.148. The van der Waals surface area contributed by atoms with Gasteiger partial charge in [0, 0.05) is 25.0 Å². The Morgan fingerprint density at radius 1 is 1.24 bits per heavy atom. The number of nitrogens with zero attached hydrogens (tertiary/aromatic N) is 1. The standard InChI is InChI=1S/C13H24N2O2/c1-9-6-12(4-5-14-9)13(16)15-7-10(2)17-11(3)8-15/h9-12,14H,4-8H2,1-3H3/t9-,10?,11?,12-/m0/s1. The highest BCUT2D eigenvalue weighted by Gasteiger charge is 2.32. The van der Waals surface area contributed by atoms with E-state index in [0.29, 0.717) is 11.9 Å². The van der Waals surface area contributed by atoms with E-state index in [1.807, 2.05) is 18.7 Å². The van der Waals surface area contributed by atoms with Crippen LogP contribution in [-0.4, -0.2) is 48.7 Å². The predicted molar refractivity (Wildman–Crippen MR) is 66.8 cm³/mol. The van der Waals surface area contributed by atoms with E-state index in [1.165, 1.54) is 0 Å². The van der Waals surface area contributed by atoms with Gasteiger partial charge in [0.2, 0.25) is 5.91 Å². The molecule has 0 bridgehead atoms. The molecule has 0 spiro atoms. The zero-order valence-electron chi connectivity index (χ0n) is 11.1. The van der Waals surface area contributed by atoms with Gasteiger partial charge in [0.05, 0.1) is 12.2 Å². The van der Waals surface area contributed by atoms with Crippen molar-refractivity contribution in [2.75, 3.05) is 19.6 Å². The van der Waals surface area contributed by atoms with Gasteiger partial charge in [-0.05, 0) is 40.2 Å². The van der Waals surface area contributed by atoms with Gasteiger partial charge >= 0.3 is 0 Å². The average Bonchev–Trinajstić information content (AvgIpc) is 2.26. The Labute approximate surface area is 104 Å². The maximum atomic E-state index is 12.4. The third-order valence-electron chi connectivity index (χ3n) is 3.70. The molecule has 0 aromatic heterocycles. The van der Waals surface area contributed by atoms with Crippen LogP contribution >= 0.6 is 0 Å². The summed E-state index contributed by atoms with van der Waals surface area (Å²) in [6.07, 6.45) is 2.28. The van der Waals surface area contributed by atoms with Crippen molar-refractivity contribution in [3.8, 4) is 0 Å². The second-order valence-electron chi connectivity index (χ2n) is 5.58. The fourth-order valence-electron chi connectivity index (χ4n) is 2.97. The molecule has 0 radical (unpaired) electrons.